The van der Waals surface area contributed by atoms with Crippen molar-refractivity contribution in [2.45, 2.75) is 6.61 Å². The van der Waals surface area contributed by atoms with Gasteiger partial charge >= 0.3 is 0 Å². The number of aromatic nitrogens is 2. The van der Waals surface area contributed by atoms with E-state index in [1.807, 2.05) is 0 Å². The third kappa shape index (κ3) is 4.12. The number of hydrogen-bond donors (Lipinski definition) is 2. The van der Waals surface area contributed by atoms with Crippen LogP contribution < -0.4 is 10.1 Å². The summed E-state index contributed by atoms with van der Waals surface area (Å²) in [6, 6.07) is 15.5. The minimum atomic E-state index is -0.620. The number of benzene rings is 3. The number of anilines is 1. The van der Waals surface area contributed by atoms with Gasteiger partial charge in [0.2, 0.25) is 0 Å². The Hall–Kier alpha value is -3.26. The lowest BCUT2D eigenvalue weighted by Crippen LogP contribution is -2.14. The molecule has 5 nitrogen and oxygen atoms in total. The topological polar surface area (TPSA) is 67.0 Å². The van der Waals surface area contributed by atoms with Crippen LogP contribution in [0.1, 0.15) is 15.9 Å². The van der Waals surface area contributed by atoms with Crippen molar-refractivity contribution >= 4 is 38.6 Å². The molecule has 0 saturated heterocycles. The fourth-order valence-electron chi connectivity index (χ4n) is 2.80. The van der Waals surface area contributed by atoms with E-state index in [-0.39, 0.29) is 23.8 Å². The molecular formula is C21H14BrF2N3O2. The molecule has 2 N–H and O–H groups in total. The van der Waals surface area contributed by atoms with Gasteiger partial charge in [0.25, 0.3) is 5.91 Å². The van der Waals surface area contributed by atoms with Crippen LogP contribution in [-0.2, 0) is 6.61 Å². The summed E-state index contributed by atoms with van der Waals surface area (Å²) in [7, 11) is 0. The number of hydrogen-bond acceptors (Lipinski definition) is 3. The van der Waals surface area contributed by atoms with E-state index in [0.717, 1.165) is 0 Å². The molecule has 1 heterocycles. The van der Waals surface area contributed by atoms with Crippen LogP contribution in [0.25, 0.3) is 10.9 Å². The molecule has 0 aliphatic heterocycles. The number of carbonyl (C=O) groups is 1. The van der Waals surface area contributed by atoms with Gasteiger partial charge in [0.05, 0.1) is 11.1 Å². The number of fused-ring (bicyclic) bond motifs is 1. The average Bonchev–Trinajstić information content (AvgIpc) is 3.09. The highest BCUT2D eigenvalue weighted by molar-refractivity contribution is 9.10. The largest absolute Gasteiger partial charge is 0.489 e. The van der Waals surface area contributed by atoms with Gasteiger partial charge in [0.15, 0.2) is 5.82 Å². The van der Waals surface area contributed by atoms with Crippen molar-refractivity contribution in [3.05, 3.63) is 87.9 Å². The number of aromatic amines is 1. The number of H-pyrrole nitrogens is 1. The summed E-state index contributed by atoms with van der Waals surface area (Å²) in [6.07, 6.45) is 0. The minimum absolute atomic E-state index is 0.0411. The summed E-state index contributed by atoms with van der Waals surface area (Å²) < 4.78 is 34.1. The van der Waals surface area contributed by atoms with Crippen molar-refractivity contribution in [3.8, 4) is 5.75 Å². The van der Waals surface area contributed by atoms with Gasteiger partial charge < -0.3 is 10.1 Å². The van der Waals surface area contributed by atoms with Gasteiger partial charge in [0, 0.05) is 15.4 Å². The molecule has 0 bridgehead atoms. The second kappa shape index (κ2) is 8.00. The molecule has 0 fully saturated rings. The Balaban J connectivity index is 1.54. The van der Waals surface area contributed by atoms with Crippen LogP contribution in [0.5, 0.6) is 5.75 Å². The Labute approximate surface area is 172 Å². The van der Waals surface area contributed by atoms with Crippen LogP contribution in [0.2, 0.25) is 0 Å². The standard InChI is InChI=1S/C21H14BrF2N3O2/c22-13-6-5-12(18(24)9-13)11-29-14-7-8-19-16(10-14)20(27-26-19)25-21(28)15-3-1-2-4-17(15)23/h1-10H,11H2,(H2,25,26,27,28). The Kier molecular flexibility index (Phi) is 5.26. The average molecular weight is 458 g/mol. The zero-order valence-corrected chi connectivity index (χ0v) is 16.5. The molecule has 1 amide bonds. The maximum atomic E-state index is 14.0. The quantitative estimate of drug-likeness (QED) is 0.419. The molecule has 29 heavy (non-hydrogen) atoms. The highest BCUT2D eigenvalue weighted by Gasteiger charge is 2.15. The predicted molar refractivity (Wildman–Crippen MR) is 109 cm³/mol. The van der Waals surface area contributed by atoms with E-state index in [2.05, 4.69) is 31.4 Å². The first-order valence-corrected chi connectivity index (χ1v) is 9.41. The van der Waals surface area contributed by atoms with Crippen molar-refractivity contribution in [1.82, 2.24) is 10.2 Å². The molecule has 0 aliphatic carbocycles. The number of nitrogens with one attached hydrogen (secondary N) is 2. The van der Waals surface area contributed by atoms with Gasteiger partial charge in [0.1, 0.15) is 24.0 Å². The first-order chi connectivity index (χ1) is 14.0. The molecule has 0 unspecified atom stereocenters. The van der Waals surface area contributed by atoms with Crippen molar-refractivity contribution in [2.24, 2.45) is 0 Å². The molecule has 146 valence electrons. The highest BCUT2D eigenvalue weighted by Crippen LogP contribution is 2.27. The van der Waals surface area contributed by atoms with Crippen molar-refractivity contribution in [1.29, 1.82) is 0 Å². The van der Waals surface area contributed by atoms with E-state index in [9.17, 15) is 13.6 Å². The molecule has 0 atom stereocenters. The predicted octanol–water partition coefficient (Wildman–Crippen LogP) is 5.43. The summed E-state index contributed by atoms with van der Waals surface area (Å²) in [6.45, 7) is 0.0411. The van der Waals surface area contributed by atoms with E-state index < -0.39 is 11.7 Å². The zero-order chi connectivity index (χ0) is 20.4. The lowest BCUT2D eigenvalue weighted by atomic mass is 10.2. The third-order valence-corrected chi connectivity index (χ3v) is 4.79. The lowest BCUT2D eigenvalue weighted by molar-refractivity contribution is 0.102. The second-order valence-corrected chi connectivity index (χ2v) is 7.15. The van der Waals surface area contributed by atoms with Gasteiger partial charge in [-0.15, -0.1) is 0 Å². The molecule has 0 saturated carbocycles. The monoisotopic (exact) mass is 457 g/mol. The molecule has 8 heteroatoms. The number of ether oxygens (including phenoxy) is 1. The number of amides is 1. The first-order valence-electron chi connectivity index (χ1n) is 8.62. The molecule has 0 radical (unpaired) electrons. The number of carbonyl (C=O) groups excluding carboxylic acids is 1. The fourth-order valence-corrected chi connectivity index (χ4v) is 3.13. The molecule has 4 aromatic rings. The lowest BCUT2D eigenvalue weighted by Gasteiger charge is -2.08. The number of nitrogens with zero attached hydrogens (tertiary/aromatic N) is 1. The molecular weight excluding hydrogens is 444 g/mol. The normalized spacial score (nSPS) is 10.9. The third-order valence-electron chi connectivity index (χ3n) is 4.29. The molecule has 3 aromatic carbocycles. The Morgan fingerprint density at radius 1 is 1.07 bits per heavy atom. The highest BCUT2D eigenvalue weighted by atomic mass is 79.9. The molecule has 1 aromatic heterocycles. The Morgan fingerprint density at radius 2 is 1.90 bits per heavy atom. The van der Waals surface area contributed by atoms with Crippen molar-refractivity contribution < 1.29 is 18.3 Å². The van der Waals surface area contributed by atoms with E-state index in [4.69, 9.17) is 4.74 Å². The van der Waals surface area contributed by atoms with Gasteiger partial charge in [-0.1, -0.05) is 34.1 Å². The Bertz CT molecular complexity index is 1210. The summed E-state index contributed by atoms with van der Waals surface area (Å²) >= 11 is 3.21. The zero-order valence-electron chi connectivity index (χ0n) is 14.9. The number of halogens is 3. The van der Waals surface area contributed by atoms with Crippen LogP contribution in [0.3, 0.4) is 0 Å². The van der Waals surface area contributed by atoms with Gasteiger partial charge in [-0.3, -0.25) is 9.89 Å². The van der Waals surface area contributed by atoms with Crippen molar-refractivity contribution in [2.75, 3.05) is 5.32 Å². The summed E-state index contributed by atoms with van der Waals surface area (Å²) in [5, 5.41) is 10.1. The smallest absolute Gasteiger partial charge is 0.259 e. The van der Waals surface area contributed by atoms with Crippen LogP contribution in [0.4, 0.5) is 14.6 Å². The minimum Gasteiger partial charge on any atom is -0.489 e. The van der Waals surface area contributed by atoms with Gasteiger partial charge in [-0.25, -0.2) is 8.78 Å². The van der Waals surface area contributed by atoms with Crippen LogP contribution in [-0.4, -0.2) is 16.1 Å². The van der Waals surface area contributed by atoms with Gasteiger partial charge in [-0.05, 0) is 42.5 Å². The first kappa shape index (κ1) is 19.1. The van der Waals surface area contributed by atoms with E-state index in [1.54, 1.807) is 36.4 Å². The fraction of sp³-hybridized carbons (Fsp3) is 0.0476. The van der Waals surface area contributed by atoms with Crippen LogP contribution in [0, 0.1) is 11.6 Å². The maximum absolute atomic E-state index is 14.0. The van der Waals surface area contributed by atoms with Crippen molar-refractivity contribution in [3.63, 3.8) is 0 Å². The SMILES string of the molecule is O=C(Nc1n[nH]c2ccc(OCc3ccc(Br)cc3F)cc12)c1ccccc1F. The Morgan fingerprint density at radius 3 is 2.69 bits per heavy atom. The summed E-state index contributed by atoms with van der Waals surface area (Å²) in [4.78, 5) is 12.4. The van der Waals surface area contributed by atoms with E-state index >= 15 is 0 Å². The maximum Gasteiger partial charge on any atom is 0.259 e. The van der Waals surface area contributed by atoms with Crippen LogP contribution in [0.15, 0.2) is 65.1 Å². The second-order valence-electron chi connectivity index (χ2n) is 6.24. The van der Waals surface area contributed by atoms with E-state index in [0.29, 0.717) is 26.7 Å². The molecule has 4 rings (SSSR count). The summed E-state index contributed by atoms with van der Waals surface area (Å²) in [5.41, 5.74) is 0.992. The van der Waals surface area contributed by atoms with E-state index in [1.165, 1.54) is 24.3 Å². The molecule has 0 spiro atoms. The summed E-state index contributed by atoms with van der Waals surface area (Å²) in [5.74, 6) is -0.886. The number of rotatable bonds is 5. The molecule has 0 aliphatic rings. The van der Waals surface area contributed by atoms with Gasteiger partial charge in [-0.2, -0.15) is 5.10 Å². The van der Waals surface area contributed by atoms with Crippen LogP contribution >= 0.6 is 15.9 Å².